The number of benzene rings is 1. The highest BCUT2D eigenvalue weighted by Gasteiger charge is 2.30. The van der Waals surface area contributed by atoms with Gasteiger partial charge in [-0.3, -0.25) is 14.6 Å². The molecule has 0 aliphatic rings. The van der Waals surface area contributed by atoms with Gasteiger partial charge in [0.25, 0.3) is 5.56 Å². The van der Waals surface area contributed by atoms with E-state index in [9.17, 15) is 22.8 Å². The van der Waals surface area contributed by atoms with Gasteiger partial charge in [0.15, 0.2) is 5.78 Å². The number of rotatable bonds is 5. The first-order chi connectivity index (χ1) is 13.1. The minimum atomic E-state index is -4.41. The van der Waals surface area contributed by atoms with E-state index in [0.29, 0.717) is 5.56 Å². The predicted molar refractivity (Wildman–Crippen MR) is 95.5 cm³/mol. The van der Waals surface area contributed by atoms with E-state index in [0.717, 1.165) is 23.9 Å². The van der Waals surface area contributed by atoms with Gasteiger partial charge in [0.2, 0.25) is 5.95 Å². The summed E-state index contributed by atoms with van der Waals surface area (Å²) in [6.45, 7) is 3.50. The second-order valence-electron chi connectivity index (χ2n) is 6.50. The normalized spacial score (nSPS) is 12.8. The summed E-state index contributed by atoms with van der Waals surface area (Å²) in [6, 6.07) is 7.50. The van der Waals surface area contributed by atoms with Gasteiger partial charge in [-0.1, -0.05) is 19.1 Å². The van der Waals surface area contributed by atoms with Gasteiger partial charge in [-0.15, -0.1) is 0 Å². The van der Waals surface area contributed by atoms with Crippen molar-refractivity contribution in [2.24, 2.45) is 0 Å². The fraction of sp³-hybridized carbons (Fsp3) is 0.263. The van der Waals surface area contributed by atoms with Gasteiger partial charge in [0, 0.05) is 18.7 Å². The predicted octanol–water partition coefficient (Wildman–Crippen LogP) is 3.66. The summed E-state index contributed by atoms with van der Waals surface area (Å²) in [4.78, 5) is 31.1. The number of hydrogen-bond donors (Lipinski definition) is 1. The van der Waals surface area contributed by atoms with Crippen LogP contribution in [0.4, 0.5) is 13.2 Å². The van der Waals surface area contributed by atoms with Crippen molar-refractivity contribution in [3.8, 4) is 5.95 Å². The molecule has 1 aromatic carbocycles. The summed E-state index contributed by atoms with van der Waals surface area (Å²) in [7, 11) is 0. The lowest BCUT2D eigenvalue weighted by Crippen LogP contribution is -2.18. The van der Waals surface area contributed by atoms with Crippen molar-refractivity contribution >= 4 is 5.78 Å². The average molecular weight is 390 g/mol. The minimum Gasteiger partial charge on any atom is -0.292 e. The number of alkyl halides is 3. The van der Waals surface area contributed by atoms with E-state index < -0.39 is 17.3 Å². The second kappa shape index (κ2) is 7.41. The molecule has 2 aromatic heterocycles. The molecule has 3 aromatic rings. The SMILES string of the molecule is Cc1ccn(-c2nc(C(=O)C[C@H](C)c3ccc(C(F)(F)F)cc3)cc(=O)[nH]2)n1. The molecule has 0 radical (unpaired) electrons. The van der Waals surface area contributed by atoms with E-state index in [1.165, 1.54) is 16.8 Å². The van der Waals surface area contributed by atoms with Crippen LogP contribution in [0.3, 0.4) is 0 Å². The molecule has 1 atom stereocenters. The van der Waals surface area contributed by atoms with E-state index in [-0.39, 0.29) is 29.8 Å². The highest BCUT2D eigenvalue weighted by atomic mass is 19.4. The van der Waals surface area contributed by atoms with Gasteiger partial charge in [-0.2, -0.15) is 18.3 Å². The van der Waals surface area contributed by atoms with Gasteiger partial charge in [0.05, 0.1) is 11.3 Å². The quantitative estimate of drug-likeness (QED) is 0.674. The molecule has 0 amide bonds. The number of nitrogens with one attached hydrogen (secondary N) is 1. The number of hydrogen-bond acceptors (Lipinski definition) is 4. The first-order valence-corrected chi connectivity index (χ1v) is 8.48. The molecule has 0 saturated carbocycles. The van der Waals surface area contributed by atoms with Crippen LogP contribution in [0.2, 0.25) is 0 Å². The number of halogens is 3. The van der Waals surface area contributed by atoms with Crippen LogP contribution in [0.5, 0.6) is 0 Å². The standard InChI is InChI=1S/C19H17F3N4O2/c1-11(13-3-5-14(6-4-13)19(20,21)22)9-16(27)15-10-17(28)24-18(23-15)26-8-7-12(2)25-26/h3-8,10-11H,9H2,1-2H3,(H,23,24,28)/t11-/m0/s1. The number of carbonyl (C=O) groups excluding carboxylic acids is 1. The fourth-order valence-corrected chi connectivity index (χ4v) is 2.73. The van der Waals surface area contributed by atoms with Crippen molar-refractivity contribution in [1.29, 1.82) is 0 Å². The summed E-state index contributed by atoms with van der Waals surface area (Å²) >= 11 is 0. The van der Waals surface area contributed by atoms with Crippen molar-refractivity contribution < 1.29 is 18.0 Å². The van der Waals surface area contributed by atoms with Crippen LogP contribution in [0.25, 0.3) is 5.95 Å². The molecule has 0 aliphatic heterocycles. The number of ketones is 1. The van der Waals surface area contributed by atoms with Crippen molar-refractivity contribution in [1.82, 2.24) is 19.7 Å². The Morgan fingerprint density at radius 1 is 1.21 bits per heavy atom. The maximum Gasteiger partial charge on any atom is 0.416 e. The number of nitrogens with zero attached hydrogens (tertiary/aromatic N) is 3. The number of carbonyl (C=O) groups is 1. The van der Waals surface area contributed by atoms with E-state index >= 15 is 0 Å². The molecule has 0 saturated heterocycles. The third kappa shape index (κ3) is 4.36. The van der Waals surface area contributed by atoms with Crippen LogP contribution in [0, 0.1) is 6.92 Å². The molecular formula is C19H17F3N4O2. The molecule has 0 spiro atoms. The lowest BCUT2D eigenvalue weighted by molar-refractivity contribution is -0.137. The number of aromatic amines is 1. The van der Waals surface area contributed by atoms with E-state index in [2.05, 4.69) is 15.1 Å². The largest absolute Gasteiger partial charge is 0.416 e. The van der Waals surface area contributed by atoms with Crippen molar-refractivity contribution in [2.45, 2.75) is 32.4 Å². The number of H-pyrrole nitrogens is 1. The van der Waals surface area contributed by atoms with Crippen LogP contribution < -0.4 is 5.56 Å². The maximum absolute atomic E-state index is 12.7. The van der Waals surface area contributed by atoms with Crippen LogP contribution >= 0.6 is 0 Å². The summed E-state index contributed by atoms with van der Waals surface area (Å²) in [6.07, 6.45) is -2.81. The third-order valence-electron chi connectivity index (χ3n) is 4.25. The topological polar surface area (TPSA) is 80.6 Å². The van der Waals surface area contributed by atoms with E-state index in [1.807, 2.05) is 0 Å². The maximum atomic E-state index is 12.7. The van der Waals surface area contributed by atoms with Crippen molar-refractivity contribution in [3.05, 3.63) is 75.5 Å². The first-order valence-electron chi connectivity index (χ1n) is 8.48. The third-order valence-corrected chi connectivity index (χ3v) is 4.25. The van der Waals surface area contributed by atoms with Crippen LogP contribution in [-0.2, 0) is 6.18 Å². The zero-order valence-corrected chi connectivity index (χ0v) is 15.1. The molecule has 1 N–H and O–H groups in total. The monoisotopic (exact) mass is 390 g/mol. The highest BCUT2D eigenvalue weighted by Crippen LogP contribution is 2.30. The van der Waals surface area contributed by atoms with Gasteiger partial charge >= 0.3 is 6.18 Å². The second-order valence-corrected chi connectivity index (χ2v) is 6.50. The molecule has 6 nitrogen and oxygen atoms in total. The molecule has 146 valence electrons. The summed E-state index contributed by atoms with van der Waals surface area (Å²) in [5, 5.41) is 4.14. The van der Waals surface area contributed by atoms with Gasteiger partial charge in [-0.05, 0) is 36.6 Å². The Morgan fingerprint density at radius 3 is 2.46 bits per heavy atom. The summed E-state index contributed by atoms with van der Waals surface area (Å²) in [5.41, 5.74) is 0.0453. The fourth-order valence-electron chi connectivity index (χ4n) is 2.73. The Bertz CT molecular complexity index is 1050. The number of aryl methyl sites for hydroxylation is 1. The Balaban J connectivity index is 1.79. The molecule has 2 heterocycles. The molecular weight excluding hydrogens is 373 g/mol. The van der Waals surface area contributed by atoms with Crippen molar-refractivity contribution in [3.63, 3.8) is 0 Å². The Hall–Kier alpha value is -3.23. The van der Waals surface area contributed by atoms with E-state index in [4.69, 9.17) is 0 Å². The molecule has 28 heavy (non-hydrogen) atoms. The average Bonchev–Trinajstić information content (AvgIpc) is 3.07. The smallest absolute Gasteiger partial charge is 0.292 e. The molecule has 0 unspecified atom stereocenters. The molecule has 9 heteroatoms. The van der Waals surface area contributed by atoms with Gasteiger partial charge in [0.1, 0.15) is 5.69 Å². The van der Waals surface area contributed by atoms with Crippen molar-refractivity contribution in [2.75, 3.05) is 0 Å². The highest BCUT2D eigenvalue weighted by molar-refractivity contribution is 5.94. The summed E-state index contributed by atoms with van der Waals surface area (Å²) < 4.78 is 39.4. The van der Waals surface area contributed by atoms with E-state index in [1.54, 1.807) is 26.1 Å². The van der Waals surface area contributed by atoms with Crippen LogP contribution in [-0.4, -0.2) is 25.5 Å². The number of Topliss-reactive ketones (excluding diaryl/α,β-unsaturated/α-hetero) is 1. The Labute approximate surface area is 158 Å². The molecule has 0 bridgehead atoms. The lowest BCUT2D eigenvalue weighted by atomic mass is 9.94. The van der Waals surface area contributed by atoms with Gasteiger partial charge in [-0.25, -0.2) is 9.67 Å². The zero-order valence-electron chi connectivity index (χ0n) is 15.1. The van der Waals surface area contributed by atoms with Crippen LogP contribution in [0.15, 0.2) is 47.4 Å². The van der Waals surface area contributed by atoms with Gasteiger partial charge < -0.3 is 0 Å². The Morgan fingerprint density at radius 2 is 1.89 bits per heavy atom. The Kier molecular flexibility index (Phi) is 5.17. The zero-order chi connectivity index (χ0) is 20.5. The molecule has 3 rings (SSSR count). The molecule has 0 aliphatic carbocycles. The molecule has 0 fully saturated rings. The summed E-state index contributed by atoms with van der Waals surface area (Å²) in [5.74, 6) is -0.610. The minimum absolute atomic E-state index is 0.000602. The lowest BCUT2D eigenvalue weighted by Gasteiger charge is -2.13. The number of aromatic nitrogens is 4. The van der Waals surface area contributed by atoms with Crippen LogP contribution in [0.1, 0.15) is 46.6 Å². The first kappa shape index (κ1) is 19.5.